The van der Waals surface area contributed by atoms with Crippen LogP contribution < -0.4 is 4.72 Å². The van der Waals surface area contributed by atoms with Gasteiger partial charge in [0.25, 0.3) is 0 Å². The number of alkyl halides is 1. The average Bonchev–Trinajstić information content (AvgIpc) is 3.05. The fraction of sp³-hybridized carbons (Fsp3) is 0.727. The normalized spacial score (nSPS) is 18.0. The standard InChI is InChI=1S/C11H18ClN3O2S/c1-7-11(8(2)15(3)14-7)18(16,17)13-6-10(12)9-4-5-9/h9-10,13H,4-6H2,1-3H3. The summed E-state index contributed by atoms with van der Waals surface area (Å²) >= 11 is 6.11. The SMILES string of the molecule is Cc1nn(C)c(C)c1S(=O)(=O)NCC(Cl)C1CC1. The fourth-order valence-corrected chi connectivity index (χ4v) is 3.94. The number of nitrogens with zero attached hydrogens (tertiary/aromatic N) is 2. The maximum absolute atomic E-state index is 12.2. The van der Waals surface area contributed by atoms with Gasteiger partial charge < -0.3 is 0 Å². The van der Waals surface area contributed by atoms with Gasteiger partial charge in [-0.2, -0.15) is 5.10 Å². The Labute approximate surface area is 113 Å². The molecule has 1 fully saturated rings. The third kappa shape index (κ3) is 2.70. The second-order valence-corrected chi connectivity index (χ2v) is 7.09. The molecule has 7 heteroatoms. The summed E-state index contributed by atoms with van der Waals surface area (Å²) in [5, 5.41) is 4.00. The van der Waals surface area contributed by atoms with Gasteiger partial charge in [0.05, 0.1) is 11.4 Å². The third-order valence-corrected chi connectivity index (χ3v) is 5.50. The fourth-order valence-electron chi connectivity index (χ4n) is 2.03. The quantitative estimate of drug-likeness (QED) is 0.833. The monoisotopic (exact) mass is 291 g/mol. The minimum atomic E-state index is -3.52. The molecule has 0 spiro atoms. The first-order valence-electron chi connectivity index (χ1n) is 5.97. The Morgan fingerprint density at radius 1 is 1.50 bits per heavy atom. The molecule has 1 N–H and O–H groups in total. The Kier molecular flexibility index (Phi) is 3.71. The molecule has 0 saturated heterocycles. The topological polar surface area (TPSA) is 64.0 Å². The van der Waals surface area contributed by atoms with Crippen LogP contribution in [0.5, 0.6) is 0 Å². The number of sulfonamides is 1. The lowest BCUT2D eigenvalue weighted by molar-refractivity contribution is 0.574. The number of hydrogen-bond acceptors (Lipinski definition) is 3. The van der Waals surface area contributed by atoms with Gasteiger partial charge in [0, 0.05) is 19.0 Å². The first-order chi connectivity index (χ1) is 8.33. The Morgan fingerprint density at radius 2 is 2.11 bits per heavy atom. The minimum Gasteiger partial charge on any atom is -0.271 e. The van der Waals surface area contributed by atoms with Gasteiger partial charge in [-0.25, -0.2) is 13.1 Å². The zero-order valence-corrected chi connectivity index (χ0v) is 12.3. The van der Waals surface area contributed by atoms with E-state index in [1.54, 1.807) is 25.6 Å². The summed E-state index contributed by atoms with van der Waals surface area (Å²) in [5.41, 5.74) is 1.15. The van der Waals surface area contributed by atoms with Crippen LogP contribution in [0, 0.1) is 19.8 Å². The van der Waals surface area contributed by atoms with Crippen molar-refractivity contribution in [3.05, 3.63) is 11.4 Å². The molecule has 1 aromatic heterocycles. The van der Waals surface area contributed by atoms with Gasteiger partial charge in [-0.3, -0.25) is 4.68 Å². The van der Waals surface area contributed by atoms with E-state index in [4.69, 9.17) is 11.6 Å². The van der Waals surface area contributed by atoms with Crippen molar-refractivity contribution in [2.24, 2.45) is 13.0 Å². The highest BCUT2D eigenvalue weighted by atomic mass is 35.5. The van der Waals surface area contributed by atoms with Crippen LogP contribution in [-0.2, 0) is 17.1 Å². The third-order valence-electron chi connectivity index (χ3n) is 3.31. The summed E-state index contributed by atoms with van der Waals surface area (Å²) in [6, 6.07) is 0. The number of aryl methyl sites for hydroxylation is 2. The molecular weight excluding hydrogens is 274 g/mol. The Balaban J connectivity index is 2.14. The number of nitrogens with one attached hydrogen (secondary N) is 1. The molecule has 0 radical (unpaired) electrons. The number of hydrogen-bond donors (Lipinski definition) is 1. The molecule has 1 aliphatic rings. The van der Waals surface area contributed by atoms with E-state index in [0.717, 1.165) is 12.8 Å². The van der Waals surface area contributed by atoms with E-state index in [0.29, 0.717) is 17.3 Å². The van der Waals surface area contributed by atoms with Gasteiger partial charge in [0.1, 0.15) is 4.90 Å². The molecule has 0 bridgehead atoms. The molecule has 0 amide bonds. The Hall–Kier alpha value is -0.590. The molecule has 1 aliphatic carbocycles. The predicted octanol–water partition coefficient (Wildman–Crippen LogP) is 1.33. The van der Waals surface area contributed by atoms with Crippen LogP contribution in [0.25, 0.3) is 0 Å². The van der Waals surface area contributed by atoms with Crippen LogP contribution in [0.15, 0.2) is 4.90 Å². The highest BCUT2D eigenvalue weighted by Gasteiger charge is 2.31. The molecule has 5 nitrogen and oxygen atoms in total. The first-order valence-corrected chi connectivity index (χ1v) is 7.89. The number of rotatable bonds is 5. The van der Waals surface area contributed by atoms with E-state index in [9.17, 15) is 8.42 Å². The van der Waals surface area contributed by atoms with Gasteiger partial charge in [-0.05, 0) is 32.6 Å². The predicted molar refractivity (Wildman–Crippen MR) is 70.2 cm³/mol. The van der Waals surface area contributed by atoms with E-state index in [1.807, 2.05) is 0 Å². The lowest BCUT2D eigenvalue weighted by atomic mass is 10.3. The van der Waals surface area contributed by atoms with Gasteiger partial charge in [0.15, 0.2) is 0 Å². The highest BCUT2D eigenvalue weighted by molar-refractivity contribution is 7.89. The highest BCUT2D eigenvalue weighted by Crippen LogP contribution is 2.35. The van der Waals surface area contributed by atoms with Crippen molar-refractivity contribution in [3.63, 3.8) is 0 Å². The summed E-state index contributed by atoms with van der Waals surface area (Å²) in [6.07, 6.45) is 2.20. The molecule has 0 aromatic carbocycles. The summed E-state index contributed by atoms with van der Waals surface area (Å²) < 4.78 is 28.6. The van der Waals surface area contributed by atoms with Crippen LogP contribution in [-0.4, -0.2) is 30.1 Å². The molecule has 18 heavy (non-hydrogen) atoms. The van der Waals surface area contributed by atoms with Crippen molar-refractivity contribution in [1.82, 2.24) is 14.5 Å². The largest absolute Gasteiger partial charge is 0.271 e. The van der Waals surface area contributed by atoms with Crippen molar-refractivity contribution in [2.45, 2.75) is 37.0 Å². The van der Waals surface area contributed by atoms with E-state index < -0.39 is 10.0 Å². The van der Waals surface area contributed by atoms with Crippen LogP contribution >= 0.6 is 11.6 Å². The van der Waals surface area contributed by atoms with E-state index in [1.165, 1.54) is 0 Å². The molecule has 102 valence electrons. The van der Waals surface area contributed by atoms with Crippen LogP contribution in [0.1, 0.15) is 24.2 Å². The maximum atomic E-state index is 12.2. The summed E-state index contributed by atoms with van der Waals surface area (Å²) in [5.74, 6) is 0.463. The lowest BCUT2D eigenvalue weighted by Crippen LogP contribution is -2.31. The second-order valence-electron chi connectivity index (χ2n) is 4.83. The molecule has 2 rings (SSSR count). The number of halogens is 1. The van der Waals surface area contributed by atoms with Gasteiger partial charge in [-0.1, -0.05) is 0 Å². The lowest BCUT2D eigenvalue weighted by Gasteiger charge is -2.10. The van der Waals surface area contributed by atoms with E-state index in [2.05, 4.69) is 9.82 Å². The summed E-state index contributed by atoms with van der Waals surface area (Å²) in [6.45, 7) is 3.72. The van der Waals surface area contributed by atoms with E-state index >= 15 is 0 Å². The molecule has 1 heterocycles. The molecule has 1 saturated carbocycles. The maximum Gasteiger partial charge on any atom is 0.244 e. The second kappa shape index (κ2) is 4.83. The van der Waals surface area contributed by atoms with Crippen molar-refractivity contribution in [1.29, 1.82) is 0 Å². The molecular formula is C11H18ClN3O2S. The number of aromatic nitrogens is 2. The average molecular weight is 292 g/mol. The van der Waals surface area contributed by atoms with Crippen molar-refractivity contribution in [2.75, 3.05) is 6.54 Å². The smallest absolute Gasteiger partial charge is 0.244 e. The molecule has 1 aromatic rings. The van der Waals surface area contributed by atoms with Gasteiger partial charge in [0.2, 0.25) is 10.0 Å². The van der Waals surface area contributed by atoms with Crippen LogP contribution in [0.3, 0.4) is 0 Å². The summed E-state index contributed by atoms with van der Waals surface area (Å²) in [4.78, 5) is 0.268. The van der Waals surface area contributed by atoms with Gasteiger partial charge in [-0.15, -0.1) is 11.6 Å². The van der Waals surface area contributed by atoms with E-state index in [-0.39, 0.29) is 16.8 Å². The van der Waals surface area contributed by atoms with Gasteiger partial charge >= 0.3 is 0 Å². The minimum absolute atomic E-state index is 0.114. The van der Waals surface area contributed by atoms with Crippen molar-refractivity contribution >= 4 is 21.6 Å². The molecule has 0 aliphatic heterocycles. The van der Waals surface area contributed by atoms with Crippen LogP contribution in [0.4, 0.5) is 0 Å². The Bertz CT molecular complexity index is 549. The van der Waals surface area contributed by atoms with Crippen molar-refractivity contribution in [3.8, 4) is 0 Å². The van der Waals surface area contributed by atoms with Crippen molar-refractivity contribution < 1.29 is 8.42 Å². The molecule has 1 unspecified atom stereocenters. The zero-order chi connectivity index (χ0) is 13.5. The Morgan fingerprint density at radius 3 is 2.56 bits per heavy atom. The first kappa shape index (κ1) is 13.8. The van der Waals surface area contributed by atoms with Crippen LogP contribution in [0.2, 0.25) is 0 Å². The summed E-state index contributed by atoms with van der Waals surface area (Å²) in [7, 11) is -1.79. The molecule has 1 atom stereocenters. The zero-order valence-electron chi connectivity index (χ0n) is 10.8.